The Morgan fingerprint density at radius 2 is 0.933 bits per heavy atom. The Morgan fingerprint density at radius 1 is 0.556 bits per heavy atom. The predicted octanol–water partition coefficient (Wildman–Crippen LogP) is 4.97. The van der Waals surface area contributed by atoms with E-state index in [1.807, 2.05) is 0 Å². The van der Waals surface area contributed by atoms with Crippen LogP contribution in [0.2, 0.25) is 0 Å². The smallest absolute Gasteiger partial charge is 0.396 e. The zero-order valence-corrected chi connectivity index (χ0v) is 22.6. The molecule has 0 amide bonds. The second-order valence-electron chi connectivity index (χ2n) is 9.25. The molecule has 0 saturated heterocycles. The summed E-state index contributed by atoms with van der Waals surface area (Å²) in [7, 11) is -12.8. The summed E-state index contributed by atoms with van der Waals surface area (Å²) in [5, 5.41) is 15.3. The molecule has 0 saturated carbocycles. The van der Waals surface area contributed by atoms with Gasteiger partial charge in [0.2, 0.25) is 0 Å². The maximum Gasteiger partial charge on any atom is 0.460 e. The van der Waals surface area contributed by atoms with Gasteiger partial charge in [-0.2, -0.15) is 95.9 Å². The Kier molecular flexibility index (Phi) is 12.1. The van der Waals surface area contributed by atoms with Gasteiger partial charge in [-0.1, -0.05) is 0 Å². The molecule has 0 aromatic heterocycles. The van der Waals surface area contributed by atoms with Gasteiger partial charge in [-0.25, -0.2) is 0 Å². The van der Waals surface area contributed by atoms with Crippen molar-refractivity contribution in [1.82, 2.24) is 0 Å². The summed E-state index contributed by atoms with van der Waals surface area (Å²) >= 11 is 0. The highest BCUT2D eigenvalue weighted by atomic mass is 32.2. The maximum atomic E-state index is 15.0. The second-order valence-corrected chi connectivity index (χ2v) is 12.4. The monoisotopic (exact) mass is 756 g/mol. The van der Waals surface area contributed by atoms with Gasteiger partial charge in [0.15, 0.2) is 0 Å². The summed E-state index contributed by atoms with van der Waals surface area (Å²) in [6.07, 6.45) is -27.0. The molecule has 0 heterocycles. The van der Waals surface area contributed by atoms with E-state index >= 15 is 0 Å². The van der Waals surface area contributed by atoms with E-state index in [2.05, 4.69) is 0 Å². The van der Waals surface area contributed by atoms with Crippen molar-refractivity contribution in [3.05, 3.63) is 0 Å². The Balaban J connectivity index is 7.56. The summed E-state index contributed by atoms with van der Waals surface area (Å²) in [6, 6.07) is 0. The van der Waals surface area contributed by atoms with Crippen molar-refractivity contribution in [3.63, 3.8) is 0 Å². The third-order valence-corrected chi connectivity index (χ3v) is 8.35. The number of alkyl halides is 18. The average molecular weight is 756 g/mol. The quantitative estimate of drug-likeness (QED) is 0.128. The minimum absolute atomic E-state index is 2.18. The fraction of sp³-hybridized carbons (Fsp3) is 1.00. The topological polar surface area (TPSA) is 149 Å². The Hall–Kier alpha value is -1.52. The van der Waals surface area contributed by atoms with Gasteiger partial charge in [-0.05, 0) is 12.8 Å². The van der Waals surface area contributed by atoms with Gasteiger partial charge in [0.1, 0.15) is 5.25 Å². The van der Waals surface area contributed by atoms with E-state index in [0.717, 1.165) is 0 Å². The lowest BCUT2D eigenvalue weighted by atomic mass is 9.72. The first-order chi connectivity index (χ1) is 19.2. The van der Waals surface area contributed by atoms with Gasteiger partial charge in [-0.3, -0.25) is 9.11 Å². The Bertz CT molecular complexity index is 1250. The number of aliphatic hydroxyl groups excluding tert-OH is 1. The highest BCUT2D eigenvalue weighted by Crippen LogP contribution is 2.59. The first-order valence-corrected chi connectivity index (χ1v) is 14.0. The van der Waals surface area contributed by atoms with Crippen LogP contribution in [0.15, 0.2) is 0 Å². The van der Waals surface area contributed by atoms with Crippen LogP contribution in [0.1, 0.15) is 25.7 Å². The lowest BCUT2D eigenvalue weighted by Crippen LogP contribution is -2.68. The highest BCUT2D eigenvalue weighted by molar-refractivity contribution is 7.86. The van der Waals surface area contributed by atoms with E-state index in [9.17, 15) is 106 Å². The fourth-order valence-corrected chi connectivity index (χ4v) is 5.64. The number of hydrogen-bond acceptors (Lipinski definition) is 6. The normalized spacial score (nSPS) is 18.4. The van der Waals surface area contributed by atoms with Crippen molar-refractivity contribution < 1.29 is 115 Å². The van der Waals surface area contributed by atoms with Crippen LogP contribution < -0.4 is 0 Å². The number of halogens is 18. The van der Waals surface area contributed by atoms with E-state index in [0.29, 0.717) is 0 Å². The molecule has 4 N–H and O–H groups in total. The molecule has 0 aliphatic rings. The van der Waals surface area contributed by atoms with Gasteiger partial charge < -0.3 is 10.2 Å². The van der Waals surface area contributed by atoms with Crippen LogP contribution in [0, 0.1) is 5.92 Å². The van der Waals surface area contributed by atoms with Gasteiger partial charge in [0, 0.05) is 19.4 Å². The molecule has 3 atom stereocenters. The number of rotatable bonds is 16. The van der Waals surface area contributed by atoms with Crippen LogP contribution >= 0.6 is 0 Å². The fourth-order valence-electron chi connectivity index (χ4n) is 3.89. The summed E-state index contributed by atoms with van der Waals surface area (Å²) < 4.78 is 305. The third kappa shape index (κ3) is 8.14. The molecule has 45 heavy (non-hydrogen) atoms. The molecule has 0 aliphatic heterocycles. The molecule has 0 bridgehead atoms. The van der Waals surface area contributed by atoms with Crippen molar-refractivity contribution in [2.45, 2.75) is 84.4 Å². The van der Waals surface area contributed by atoms with Crippen molar-refractivity contribution in [1.29, 1.82) is 0 Å². The van der Waals surface area contributed by atoms with E-state index < -0.39 is 123 Å². The molecular weight excluding hydrogens is 738 g/mol. The molecule has 28 heteroatoms. The molecule has 0 aliphatic carbocycles. The van der Waals surface area contributed by atoms with Gasteiger partial charge in [0.25, 0.3) is 20.2 Å². The molecule has 3 unspecified atom stereocenters. The predicted molar refractivity (Wildman–Crippen MR) is 108 cm³/mol. The van der Waals surface area contributed by atoms with E-state index in [-0.39, 0.29) is 0 Å². The van der Waals surface area contributed by atoms with E-state index in [1.54, 1.807) is 0 Å². The molecule has 0 radical (unpaired) electrons. The Labute approximate surface area is 238 Å². The van der Waals surface area contributed by atoms with Crippen molar-refractivity contribution in [2.75, 3.05) is 12.4 Å². The van der Waals surface area contributed by atoms with Crippen LogP contribution in [0.25, 0.3) is 0 Å². The molecule has 0 spiro atoms. The van der Waals surface area contributed by atoms with Crippen LogP contribution in [0.4, 0.5) is 79.0 Å². The van der Waals surface area contributed by atoms with Crippen molar-refractivity contribution in [2.24, 2.45) is 5.92 Å². The molecule has 0 aromatic rings. The molecule has 0 fully saturated rings. The van der Waals surface area contributed by atoms with Gasteiger partial charge in [0.05, 0.1) is 17.3 Å². The molecule has 0 rings (SSSR count). The minimum atomic E-state index is -7.94. The maximum absolute atomic E-state index is 15.0. The summed E-state index contributed by atoms with van der Waals surface area (Å²) in [4.78, 5) is 0. The molecular formula is C17H18F18O8S2. The molecule has 272 valence electrons. The first-order valence-electron chi connectivity index (χ1n) is 10.9. The highest BCUT2D eigenvalue weighted by Gasteiger charge is 2.85. The van der Waals surface area contributed by atoms with E-state index in [1.165, 1.54) is 0 Å². The van der Waals surface area contributed by atoms with Gasteiger partial charge >= 0.3 is 47.9 Å². The molecule has 0 aromatic carbocycles. The second kappa shape index (κ2) is 12.5. The van der Waals surface area contributed by atoms with Crippen LogP contribution in [-0.4, -0.2) is 107 Å². The minimum Gasteiger partial charge on any atom is -0.396 e. The summed E-state index contributed by atoms with van der Waals surface area (Å²) in [6.45, 7) is -2.18. The van der Waals surface area contributed by atoms with Crippen molar-refractivity contribution in [3.8, 4) is 0 Å². The first kappa shape index (κ1) is 43.5. The zero-order chi connectivity index (χ0) is 36.9. The lowest BCUT2D eigenvalue weighted by molar-refractivity contribution is -0.409. The zero-order valence-electron chi connectivity index (χ0n) is 20.9. The van der Waals surface area contributed by atoms with Crippen LogP contribution in [0.5, 0.6) is 0 Å². The summed E-state index contributed by atoms with van der Waals surface area (Å²) in [5.41, 5.74) is -5.15. The lowest BCUT2D eigenvalue weighted by Gasteiger charge is -2.47. The van der Waals surface area contributed by atoms with Crippen molar-refractivity contribution >= 4 is 20.2 Å². The van der Waals surface area contributed by atoms with E-state index in [4.69, 9.17) is 9.66 Å². The average Bonchev–Trinajstić information content (AvgIpc) is 2.75. The third-order valence-electron chi connectivity index (χ3n) is 6.23. The largest absolute Gasteiger partial charge is 0.460 e. The number of hydrogen-bond donors (Lipinski definition) is 4. The van der Waals surface area contributed by atoms with Gasteiger partial charge in [-0.15, -0.1) is 0 Å². The number of aliphatic hydroxyl groups is 2. The van der Waals surface area contributed by atoms with Crippen LogP contribution in [-0.2, 0) is 20.2 Å². The summed E-state index contributed by atoms with van der Waals surface area (Å²) in [5.74, 6) is -52.9. The Morgan fingerprint density at radius 3 is 1.24 bits per heavy atom. The van der Waals surface area contributed by atoms with Crippen LogP contribution in [0.3, 0.4) is 0 Å². The molecule has 8 nitrogen and oxygen atoms in total. The standard InChI is InChI=1S/C17H18F18O8S2/c18-10(19,12(22,23)14(26,27)16(30,31)32)3-1-8(45(41,42)43)9(37,4-5-36)7(2-6-44(38,39)40)11(20,21)13(24,25)15(28,29)17(33,34)35/h7-8,36-37H,1-6H2,(H,38,39,40)(H,41,42,43). The SMILES string of the molecule is O=S(=O)(O)CCC(C(O)(CCO)C(CCC(F)(F)C(F)(F)C(F)(F)C(F)(F)F)S(=O)(=O)O)C(F)(F)C(F)(F)C(F)(F)C(F)(F)F.